The highest BCUT2D eigenvalue weighted by Crippen LogP contribution is 1.85. The molecule has 1 aromatic heterocycles. The summed E-state index contributed by atoms with van der Waals surface area (Å²) >= 11 is 0. The van der Waals surface area contributed by atoms with Gasteiger partial charge in [0, 0.05) is 12.8 Å². The molecule has 3 nitrogen and oxygen atoms in total. The molecule has 1 rings (SSSR count). The molecule has 0 bridgehead atoms. The maximum atomic E-state index is 4.14. The average molecular weight is 137 g/mol. The minimum atomic E-state index is 0.888. The molecule has 10 heavy (non-hydrogen) atoms. The SMILES string of the molecule is CCCN=Cc1cnc[nH]1. The van der Waals surface area contributed by atoms with E-state index in [0.717, 1.165) is 18.7 Å². The van der Waals surface area contributed by atoms with Crippen molar-refractivity contribution in [2.24, 2.45) is 4.99 Å². The Labute approximate surface area is 60.2 Å². The highest BCUT2D eigenvalue weighted by Gasteiger charge is 1.83. The molecule has 0 unspecified atom stereocenters. The Hall–Kier alpha value is -1.12. The quantitative estimate of drug-likeness (QED) is 0.625. The van der Waals surface area contributed by atoms with E-state index in [1.807, 2.05) is 0 Å². The Morgan fingerprint density at radius 2 is 2.70 bits per heavy atom. The summed E-state index contributed by atoms with van der Waals surface area (Å²) in [4.78, 5) is 10.9. The van der Waals surface area contributed by atoms with Crippen molar-refractivity contribution in [3.63, 3.8) is 0 Å². The fourth-order valence-electron chi connectivity index (χ4n) is 0.629. The van der Waals surface area contributed by atoms with Gasteiger partial charge in [0.15, 0.2) is 0 Å². The minimum absolute atomic E-state index is 0.888. The molecule has 0 spiro atoms. The molecule has 0 aliphatic heterocycles. The number of nitrogens with one attached hydrogen (secondary N) is 1. The Morgan fingerprint density at radius 1 is 1.80 bits per heavy atom. The van der Waals surface area contributed by atoms with E-state index in [9.17, 15) is 0 Å². The van der Waals surface area contributed by atoms with Crippen molar-refractivity contribution in [3.05, 3.63) is 18.2 Å². The first-order valence-electron chi connectivity index (χ1n) is 3.41. The molecule has 0 radical (unpaired) electrons. The lowest BCUT2D eigenvalue weighted by Gasteiger charge is -1.83. The van der Waals surface area contributed by atoms with Gasteiger partial charge in [0.05, 0.1) is 18.2 Å². The van der Waals surface area contributed by atoms with Gasteiger partial charge in [0.2, 0.25) is 0 Å². The first kappa shape index (κ1) is 6.99. The predicted molar refractivity (Wildman–Crippen MR) is 41.3 cm³/mol. The second-order valence-corrected chi connectivity index (χ2v) is 2.04. The first-order chi connectivity index (χ1) is 4.93. The van der Waals surface area contributed by atoms with E-state index in [0.29, 0.717) is 0 Å². The van der Waals surface area contributed by atoms with Crippen molar-refractivity contribution in [3.8, 4) is 0 Å². The third kappa shape index (κ3) is 2.01. The molecule has 1 heterocycles. The van der Waals surface area contributed by atoms with E-state index in [1.165, 1.54) is 0 Å². The number of hydrogen-bond donors (Lipinski definition) is 1. The largest absolute Gasteiger partial charge is 0.344 e. The van der Waals surface area contributed by atoms with Crippen molar-refractivity contribution in [2.75, 3.05) is 6.54 Å². The summed E-state index contributed by atoms with van der Waals surface area (Å²) < 4.78 is 0. The Kier molecular flexibility index (Phi) is 2.67. The van der Waals surface area contributed by atoms with Crippen LogP contribution in [0, 0.1) is 0 Å². The van der Waals surface area contributed by atoms with Crippen molar-refractivity contribution >= 4 is 6.21 Å². The second kappa shape index (κ2) is 3.82. The van der Waals surface area contributed by atoms with E-state index >= 15 is 0 Å². The average Bonchev–Trinajstić information content (AvgIpc) is 2.41. The number of H-pyrrole nitrogens is 1. The Balaban J connectivity index is 2.40. The normalized spacial score (nSPS) is 10.9. The summed E-state index contributed by atoms with van der Waals surface area (Å²) in [5.41, 5.74) is 0.966. The van der Waals surface area contributed by atoms with Crippen LogP contribution in [0.2, 0.25) is 0 Å². The summed E-state index contributed by atoms with van der Waals surface area (Å²) in [6.45, 7) is 2.99. The van der Waals surface area contributed by atoms with Gasteiger partial charge >= 0.3 is 0 Å². The summed E-state index contributed by atoms with van der Waals surface area (Å²) in [6, 6.07) is 0. The highest BCUT2D eigenvalue weighted by molar-refractivity contribution is 5.76. The minimum Gasteiger partial charge on any atom is -0.344 e. The van der Waals surface area contributed by atoms with E-state index in [2.05, 4.69) is 21.9 Å². The van der Waals surface area contributed by atoms with Crippen LogP contribution in [-0.4, -0.2) is 22.7 Å². The number of nitrogens with zero attached hydrogens (tertiary/aromatic N) is 2. The molecule has 0 aliphatic rings. The van der Waals surface area contributed by atoms with Gasteiger partial charge in [-0.1, -0.05) is 6.92 Å². The molecule has 1 aromatic rings. The monoisotopic (exact) mass is 137 g/mol. The number of aromatic amines is 1. The van der Waals surface area contributed by atoms with E-state index in [4.69, 9.17) is 0 Å². The van der Waals surface area contributed by atoms with Crippen LogP contribution in [0.15, 0.2) is 17.5 Å². The van der Waals surface area contributed by atoms with Crippen LogP contribution in [0.5, 0.6) is 0 Å². The zero-order valence-electron chi connectivity index (χ0n) is 6.04. The van der Waals surface area contributed by atoms with Crippen LogP contribution < -0.4 is 0 Å². The fourth-order valence-corrected chi connectivity index (χ4v) is 0.629. The topological polar surface area (TPSA) is 41.0 Å². The molecule has 0 saturated heterocycles. The molecule has 0 amide bonds. The van der Waals surface area contributed by atoms with Crippen molar-refractivity contribution in [1.29, 1.82) is 0 Å². The summed E-state index contributed by atoms with van der Waals surface area (Å²) in [5, 5.41) is 0. The van der Waals surface area contributed by atoms with E-state index < -0.39 is 0 Å². The van der Waals surface area contributed by atoms with Crippen LogP contribution in [-0.2, 0) is 0 Å². The molecule has 1 N–H and O–H groups in total. The summed E-state index contributed by atoms with van der Waals surface area (Å²) in [5.74, 6) is 0. The predicted octanol–water partition coefficient (Wildman–Crippen LogP) is 1.24. The second-order valence-electron chi connectivity index (χ2n) is 2.04. The van der Waals surface area contributed by atoms with E-state index in [1.54, 1.807) is 18.7 Å². The van der Waals surface area contributed by atoms with E-state index in [-0.39, 0.29) is 0 Å². The molecular formula is C7H11N3. The zero-order valence-corrected chi connectivity index (χ0v) is 6.04. The lowest BCUT2D eigenvalue weighted by atomic mass is 10.5. The molecule has 0 fully saturated rings. The lowest BCUT2D eigenvalue weighted by Crippen LogP contribution is -1.81. The standard InChI is InChI=1S/C7H11N3/c1-2-3-8-4-7-5-9-6-10-7/h4-6H,2-3H2,1H3,(H,9,10). The molecule has 0 aromatic carbocycles. The molecule has 0 atom stereocenters. The lowest BCUT2D eigenvalue weighted by molar-refractivity contribution is 0.936. The van der Waals surface area contributed by atoms with Crippen LogP contribution in [0.3, 0.4) is 0 Å². The van der Waals surface area contributed by atoms with Gasteiger partial charge < -0.3 is 4.98 Å². The Morgan fingerprint density at radius 3 is 3.30 bits per heavy atom. The number of rotatable bonds is 3. The molecular weight excluding hydrogens is 126 g/mol. The van der Waals surface area contributed by atoms with Gasteiger partial charge in [-0.05, 0) is 6.42 Å². The van der Waals surface area contributed by atoms with Crippen molar-refractivity contribution in [2.45, 2.75) is 13.3 Å². The number of aliphatic imine (C=N–C) groups is 1. The van der Waals surface area contributed by atoms with Crippen LogP contribution in [0.4, 0.5) is 0 Å². The molecule has 3 heteroatoms. The van der Waals surface area contributed by atoms with Crippen LogP contribution >= 0.6 is 0 Å². The van der Waals surface area contributed by atoms with Gasteiger partial charge in [-0.3, -0.25) is 4.99 Å². The fraction of sp³-hybridized carbons (Fsp3) is 0.429. The van der Waals surface area contributed by atoms with Gasteiger partial charge in [0.25, 0.3) is 0 Å². The van der Waals surface area contributed by atoms with Crippen LogP contribution in [0.1, 0.15) is 19.0 Å². The third-order valence-corrected chi connectivity index (χ3v) is 1.10. The summed E-state index contributed by atoms with van der Waals surface area (Å²) in [6.07, 6.45) is 6.29. The maximum Gasteiger partial charge on any atom is 0.0924 e. The number of hydrogen-bond acceptors (Lipinski definition) is 2. The molecule has 54 valence electrons. The van der Waals surface area contributed by atoms with Crippen molar-refractivity contribution in [1.82, 2.24) is 9.97 Å². The van der Waals surface area contributed by atoms with Gasteiger partial charge in [-0.25, -0.2) is 4.98 Å². The maximum absolute atomic E-state index is 4.14. The first-order valence-corrected chi connectivity index (χ1v) is 3.41. The smallest absolute Gasteiger partial charge is 0.0924 e. The number of aromatic nitrogens is 2. The number of imidazole rings is 1. The van der Waals surface area contributed by atoms with Gasteiger partial charge in [0.1, 0.15) is 0 Å². The third-order valence-electron chi connectivity index (χ3n) is 1.10. The highest BCUT2D eigenvalue weighted by atomic mass is 14.9. The van der Waals surface area contributed by atoms with Gasteiger partial charge in [-0.2, -0.15) is 0 Å². The van der Waals surface area contributed by atoms with Crippen LogP contribution in [0.25, 0.3) is 0 Å². The van der Waals surface area contributed by atoms with Gasteiger partial charge in [-0.15, -0.1) is 0 Å². The molecule has 0 aliphatic carbocycles. The Bertz CT molecular complexity index is 189. The summed E-state index contributed by atoms with van der Waals surface area (Å²) in [7, 11) is 0. The molecule has 0 saturated carbocycles. The van der Waals surface area contributed by atoms with Crippen molar-refractivity contribution < 1.29 is 0 Å². The zero-order chi connectivity index (χ0) is 7.23.